The quantitative estimate of drug-likeness (QED) is 0.389. The fourth-order valence-corrected chi connectivity index (χ4v) is 4.71. The van der Waals surface area contributed by atoms with E-state index in [4.69, 9.17) is 4.74 Å². The van der Waals surface area contributed by atoms with Crippen LogP contribution in [0.3, 0.4) is 0 Å². The van der Waals surface area contributed by atoms with Crippen LogP contribution in [0, 0.1) is 6.92 Å². The lowest BCUT2D eigenvalue weighted by atomic mass is 10.0. The highest BCUT2D eigenvalue weighted by Crippen LogP contribution is 2.31. The summed E-state index contributed by atoms with van der Waals surface area (Å²) in [6, 6.07) is 18.3. The SMILES string of the molecule is CCc1cc(Br)ccc1C(=O)N1CCOc2ccc(-c3ccc4nc(C)[nH]c4c3)cc2C1. The molecule has 1 aliphatic heterocycles. The first-order valence-corrected chi connectivity index (χ1v) is 11.6. The number of carbonyl (C=O) groups is 1. The number of halogens is 1. The van der Waals surface area contributed by atoms with E-state index in [0.717, 1.165) is 61.3 Å². The van der Waals surface area contributed by atoms with Gasteiger partial charge in [-0.3, -0.25) is 4.79 Å². The van der Waals surface area contributed by atoms with Gasteiger partial charge in [0, 0.05) is 22.1 Å². The first-order valence-electron chi connectivity index (χ1n) is 10.8. The molecule has 1 N–H and O–H groups in total. The van der Waals surface area contributed by atoms with E-state index in [0.29, 0.717) is 19.7 Å². The molecule has 5 rings (SSSR count). The van der Waals surface area contributed by atoms with E-state index in [1.54, 1.807) is 0 Å². The number of imidazole rings is 1. The van der Waals surface area contributed by atoms with Crippen molar-refractivity contribution < 1.29 is 9.53 Å². The third kappa shape index (κ3) is 3.91. The second kappa shape index (κ2) is 8.43. The second-order valence-electron chi connectivity index (χ2n) is 8.11. The number of amides is 1. The zero-order valence-electron chi connectivity index (χ0n) is 18.1. The van der Waals surface area contributed by atoms with Gasteiger partial charge in [-0.25, -0.2) is 4.98 Å². The van der Waals surface area contributed by atoms with Crippen LogP contribution in [-0.4, -0.2) is 33.9 Å². The Morgan fingerprint density at radius 2 is 1.94 bits per heavy atom. The number of fused-ring (bicyclic) bond motifs is 2. The minimum Gasteiger partial charge on any atom is -0.491 e. The van der Waals surface area contributed by atoms with Crippen LogP contribution in [0.1, 0.15) is 34.2 Å². The van der Waals surface area contributed by atoms with E-state index in [-0.39, 0.29) is 5.91 Å². The zero-order valence-corrected chi connectivity index (χ0v) is 19.7. The fourth-order valence-electron chi connectivity index (χ4n) is 4.30. The Balaban J connectivity index is 1.47. The Bertz CT molecular complexity index is 1330. The Hall–Kier alpha value is -3.12. The van der Waals surface area contributed by atoms with Gasteiger partial charge in [-0.05, 0) is 72.5 Å². The maximum absolute atomic E-state index is 13.4. The van der Waals surface area contributed by atoms with E-state index in [1.165, 1.54) is 0 Å². The molecule has 0 fully saturated rings. The molecule has 6 heteroatoms. The van der Waals surface area contributed by atoms with Crippen LogP contribution >= 0.6 is 15.9 Å². The van der Waals surface area contributed by atoms with Crippen LogP contribution < -0.4 is 4.74 Å². The molecule has 4 aromatic rings. The number of hydrogen-bond donors (Lipinski definition) is 1. The van der Waals surface area contributed by atoms with Gasteiger partial charge in [-0.1, -0.05) is 35.0 Å². The summed E-state index contributed by atoms with van der Waals surface area (Å²) in [5.41, 5.74) is 7.00. The number of carbonyl (C=O) groups excluding carboxylic acids is 1. The standard InChI is InChI=1S/C26H24BrN3O2/c1-3-17-13-21(27)6-7-22(17)26(31)30-10-11-32-25-9-5-18(12-20(25)15-30)19-4-8-23-24(14-19)29-16(2)28-23/h4-9,12-14H,3,10-11,15H2,1-2H3,(H,28,29). The Labute approximate surface area is 195 Å². The second-order valence-corrected chi connectivity index (χ2v) is 9.02. The van der Waals surface area contributed by atoms with Crippen molar-refractivity contribution in [3.05, 3.63) is 81.6 Å². The Kier molecular flexibility index (Phi) is 5.47. The molecule has 162 valence electrons. The molecule has 0 saturated heterocycles. The summed E-state index contributed by atoms with van der Waals surface area (Å²) in [5.74, 6) is 1.79. The fraction of sp³-hybridized carbons (Fsp3) is 0.231. The van der Waals surface area contributed by atoms with Crippen LogP contribution in [0.25, 0.3) is 22.2 Å². The highest BCUT2D eigenvalue weighted by Gasteiger charge is 2.23. The van der Waals surface area contributed by atoms with Crippen LogP contribution in [0.2, 0.25) is 0 Å². The topological polar surface area (TPSA) is 58.2 Å². The van der Waals surface area contributed by atoms with E-state index < -0.39 is 0 Å². The third-order valence-corrected chi connectivity index (χ3v) is 6.43. The molecule has 5 nitrogen and oxygen atoms in total. The summed E-state index contributed by atoms with van der Waals surface area (Å²) in [7, 11) is 0. The van der Waals surface area contributed by atoms with Crippen molar-refractivity contribution in [1.82, 2.24) is 14.9 Å². The Morgan fingerprint density at radius 3 is 2.78 bits per heavy atom. The van der Waals surface area contributed by atoms with Gasteiger partial charge in [0.25, 0.3) is 5.91 Å². The molecule has 1 aliphatic rings. The molecule has 0 unspecified atom stereocenters. The molecule has 0 radical (unpaired) electrons. The van der Waals surface area contributed by atoms with Crippen LogP contribution in [-0.2, 0) is 13.0 Å². The Morgan fingerprint density at radius 1 is 1.12 bits per heavy atom. The van der Waals surface area contributed by atoms with Gasteiger partial charge in [0.05, 0.1) is 17.6 Å². The van der Waals surface area contributed by atoms with Gasteiger partial charge < -0.3 is 14.6 Å². The minimum absolute atomic E-state index is 0.0468. The minimum atomic E-state index is 0.0468. The van der Waals surface area contributed by atoms with Crippen molar-refractivity contribution in [1.29, 1.82) is 0 Å². The van der Waals surface area contributed by atoms with Crippen molar-refractivity contribution >= 4 is 32.9 Å². The van der Waals surface area contributed by atoms with E-state index in [2.05, 4.69) is 57.1 Å². The number of hydrogen-bond acceptors (Lipinski definition) is 3. The molecule has 1 amide bonds. The van der Waals surface area contributed by atoms with Gasteiger partial charge in [0.2, 0.25) is 0 Å². The average Bonchev–Trinajstić information content (AvgIpc) is 3.04. The summed E-state index contributed by atoms with van der Waals surface area (Å²) in [6.45, 7) is 5.59. The maximum Gasteiger partial charge on any atom is 0.254 e. The summed E-state index contributed by atoms with van der Waals surface area (Å²) in [4.78, 5) is 23.1. The molecule has 0 bridgehead atoms. The molecule has 32 heavy (non-hydrogen) atoms. The number of nitrogens with zero attached hydrogens (tertiary/aromatic N) is 2. The van der Waals surface area contributed by atoms with E-state index >= 15 is 0 Å². The number of aryl methyl sites for hydroxylation is 2. The number of aromatic amines is 1. The van der Waals surface area contributed by atoms with Gasteiger partial charge in [-0.2, -0.15) is 0 Å². The average molecular weight is 490 g/mol. The summed E-state index contributed by atoms with van der Waals surface area (Å²) in [6.07, 6.45) is 0.807. The van der Waals surface area contributed by atoms with Crippen molar-refractivity contribution in [2.45, 2.75) is 26.8 Å². The van der Waals surface area contributed by atoms with Gasteiger partial charge >= 0.3 is 0 Å². The third-order valence-electron chi connectivity index (χ3n) is 5.94. The van der Waals surface area contributed by atoms with E-state index in [9.17, 15) is 4.79 Å². The van der Waals surface area contributed by atoms with Crippen molar-refractivity contribution in [2.75, 3.05) is 13.2 Å². The van der Waals surface area contributed by atoms with Crippen molar-refractivity contribution in [3.63, 3.8) is 0 Å². The van der Waals surface area contributed by atoms with Gasteiger partial charge in [-0.15, -0.1) is 0 Å². The van der Waals surface area contributed by atoms with Gasteiger partial charge in [0.1, 0.15) is 18.2 Å². The number of aromatic nitrogens is 2. The van der Waals surface area contributed by atoms with Crippen LogP contribution in [0.4, 0.5) is 0 Å². The number of rotatable bonds is 3. The highest BCUT2D eigenvalue weighted by molar-refractivity contribution is 9.10. The summed E-state index contributed by atoms with van der Waals surface area (Å²) in [5, 5.41) is 0. The van der Waals surface area contributed by atoms with Crippen molar-refractivity contribution in [2.24, 2.45) is 0 Å². The van der Waals surface area contributed by atoms with Gasteiger partial charge in [0.15, 0.2) is 0 Å². The smallest absolute Gasteiger partial charge is 0.254 e. The number of ether oxygens (including phenoxy) is 1. The van der Waals surface area contributed by atoms with Crippen molar-refractivity contribution in [3.8, 4) is 16.9 Å². The normalized spacial score (nSPS) is 13.5. The lowest BCUT2D eigenvalue weighted by Crippen LogP contribution is -2.33. The largest absolute Gasteiger partial charge is 0.491 e. The van der Waals surface area contributed by atoms with Crippen LogP contribution in [0.5, 0.6) is 5.75 Å². The lowest BCUT2D eigenvalue weighted by Gasteiger charge is -2.21. The zero-order chi connectivity index (χ0) is 22.2. The predicted molar refractivity (Wildman–Crippen MR) is 130 cm³/mol. The lowest BCUT2D eigenvalue weighted by molar-refractivity contribution is 0.0732. The summed E-state index contributed by atoms with van der Waals surface area (Å²) < 4.78 is 6.98. The molecular formula is C26H24BrN3O2. The molecule has 3 aromatic carbocycles. The molecule has 2 heterocycles. The number of nitrogens with one attached hydrogen (secondary N) is 1. The molecule has 0 saturated carbocycles. The monoisotopic (exact) mass is 489 g/mol. The number of benzene rings is 3. The molecule has 0 spiro atoms. The first kappa shape index (κ1) is 20.8. The highest BCUT2D eigenvalue weighted by atomic mass is 79.9. The molecule has 1 aromatic heterocycles. The van der Waals surface area contributed by atoms with Crippen LogP contribution in [0.15, 0.2) is 59.1 Å². The summed E-state index contributed by atoms with van der Waals surface area (Å²) >= 11 is 3.51. The molecule has 0 atom stereocenters. The molecule has 0 aliphatic carbocycles. The maximum atomic E-state index is 13.4. The number of H-pyrrole nitrogens is 1. The van der Waals surface area contributed by atoms with E-state index in [1.807, 2.05) is 42.2 Å². The molecular weight excluding hydrogens is 466 g/mol. The first-order chi connectivity index (χ1) is 15.5. The predicted octanol–water partition coefficient (Wildman–Crippen LogP) is 5.90.